The Morgan fingerprint density at radius 2 is 1.66 bits per heavy atom. The van der Waals surface area contributed by atoms with E-state index in [1.54, 1.807) is 54.6 Å². The van der Waals surface area contributed by atoms with Gasteiger partial charge in [0.25, 0.3) is 5.69 Å². The molecular weight excluding hydrogens is 386 g/mol. The molecule has 0 aromatic heterocycles. The lowest BCUT2D eigenvalue weighted by Crippen LogP contribution is -2.04. The Bertz CT molecular complexity index is 1160. The summed E-state index contributed by atoms with van der Waals surface area (Å²) in [6, 6.07) is 24.8. The minimum Gasteiger partial charge on any atom is -0.258 e. The van der Waals surface area contributed by atoms with Crippen LogP contribution < -0.4 is 0 Å². The van der Waals surface area contributed by atoms with Crippen molar-refractivity contribution in [3.05, 3.63) is 110 Å². The van der Waals surface area contributed by atoms with Crippen molar-refractivity contribution in [3.63, 3.8) is 0 Å². The molecule has 1 atom stereocenters. The average Bonchev–Trinajstić information content (AvgIpc) is 2.75. The topological polar surface area (TPSA) is 90.7 Å². The van der Waals surface area contributed by atoms with E-state index < -0.39 is 10.8 Å². The molecule has 5 nitrogen and oxygen atoms in total. The zero-order valence-corrected chi connectivity index (χ0v) is 15.9. The number of nitrogens with zero attached hydrogens (tertiary/aromatic N) is 3. The highest BCUT2D eigenvalue weighted by Gasteiger charge is 2.25. The van der Waals surface area contributed by atoms with Crippen molar-refractivity contribution in [3.8, 4) is 12.1 Å². The van der Waals surface area contributed by atoms with Crippen molar-refractivity contribution in [1.29, 1.82) is 10.5 Å². The Hall–Kier alpha value is -3.93. The Morgan fingerprint density at radius 3 is 2.21 bits per heavy atom. The highest BCUT2D eigenvalue weighted by Crippen LogP contribution is 2.36. The summed E-state index contributed by atoms with van der Waals surface area (Å²) in [5.41, 5.74) is 1.98. The third-order valence-electron chi connectivity index (χ3n) is 4.42. The van der Waals surface area contributed by atoms with Crippen molar-refractivity contribution in [2.45, 2.75) is 5.92 Å². The Kier molecular flexibility index (Phi) is 6.04. The summed E-state index contributed by atoms with van der Waals surface area (Å²) in [5, 5.41) is 31.1. The standard InChI is InChI=1S/C23H14ClN3O2/c24-22-13-20(21(15-26)17-9-5-2-6-10-17)23(27(28)29)12-18(22)11-19(14-25)16-7-3-1-4-8-16/h1-13,21H/b19-11-. The Balaban J connectivity index is 2.15. The number of halogens is 1. The lowest BCUT2D eigenvalue weighted by molar-refractivity contribution is -0.385. The maximum atomic E-state index is 11.7. The normalized spacial score (nSPS) is 11.9. The van der Waals surface area contributed by atoms with Crippen molar-refractivity contribution >= 4 is 28.9 Å². The molecule has 0 heterocycles. The van der Waals surface area contributed by atoms with E-state index in [9.17, 15) is 20.6 Å². The van der Waals surface area contributed by atoms with Crippen molar-refractivity contribution < 1.29 is 4.92 Å². The van der Waals surface area contributed by atoms with Gasteiger partial charge in [0.15, 0.2) is 0 Å². The van der Waals surface area contributed by atoms with Gasteiger partial charge in [0.2, 0.25) is 0 Å². The first kappa shape index (κ1) is 19.8. The third kappa shape index (κ3) is 4.32. The van der Waals surface area contributed by atoms with E-state index in [0.29, 0.717) is 22.3 Å². The van der Waals surface area contributed by atoms with Gasteiger partial charge in [-0.15, -0.1) is 0 Å². The zero-order valence-electron chi connectivity index (χ0n) is 15.1. The van der Waals surface area contributed by atoms with Gasteiger partial charge in [0.05, 0.1) is 28.2 Å². The van der Waals surface area contributed by atoms with Gasteiger partial charge < -0.3 is 0 Å². The number of hydrogen-bond acceptors (Lipinski definition) is 4. The lowest BCUT2D eigenvalue weighted by atomic mass is 9.90. The maximum absolute atomic E-state index is 11.7. The molecule has 6 heteroatoms. The van der Waals surface area contributed by atoms with Crippen LogP contribution in [0.15, 0.2) is 72.8 Å². The fraction of sp³-hybridized carbons (Fsp3) is 0.0435. The monoisotopic (exact) mass is 399 g/mol. The summed E-state index contributed by atoms with van der Waals surface area (Å²) in [4.78, 5) is 11.2. The average molecular weight is 400 g/mol. The van der Waals surface area contributed by atoms with Gasteiger partial charge in [0, 0.05) is 16.7 Å². The van der Waals surface area contributed by atoms with E-state index in [0.717, 1.165) is 0 Å². The predicted molar refractivity (Wildman–Crippen MR) is 112 cm³/mol. The molecule has 0 fully saturated rings. The van der Waals surface area contributed by atoms with Gasteiger partial charge in [-0.3, -0.25) is 10.1 Å². The summed E-state index contributed by atoms with van der Waals surface area (Å²) in [6.07, 6.45) is 1.51. The Morgan fingerprint density at radius 1 is 1.03 bits per heavy atom. The van der Waals surface area contributed by atoms with Crippen LogP contribution in [0.1, 0.15) is 28.2 Å². The molecule has 3 rings (SSSR count). The van der Waals surface area contributed by atoms with Gasteiger partial charge in [-0.05, 0) is 23.3 Å². The molecule has 0 saturated heterocycles. The number of rotatable bonds is 5. The molecule has 3 aromatic carbocycles. The van der Waals surface area contributed by atoms with Crippen molar-refractivity contribution in [2.75, 3.05) is 0 Å². The lowest BCUT2D eigenvalue weighted by Gasteiger charge is -2.12. The van der Waals surface area contributed by atoms with Crippen LogP contribution >= 0.6 is 11.6 Å². The van der Waals surface area contributed by atoms with E-state index in [1.807, 2.05) is 6.07 Å². The van der Waals surface area contributed by atoms with Crippen LogP contribution in [-0.2, 0) is 0 Å². The highest BCUT2D eigenvalue weighted by molar-refractivity contribution is 6.32. The third-order valence-corrected chi connectivity index (χ3v) is 4.75. The molecule has 3 aromatic rings. The van der Waals surface area contributed by atoms with Crippen LogP contribution in [0.5, 0.6) is 0 Å². The fourth-order valence-corrected chi connectivity index (χ4v) is 3.24. The quantitative estimate of drug-likeness (QED) is 0.229. The van der Waals surface area contributed by atoms with E-state index in [1.165, 1.54) is 18.2 Å². The van der Waals surface area contributed by atoms with Crippen LogP contribution in [0.2, 0.25) is 5.02 Å². The van der Waals surface area contributed by atoms with Gasteiger partial charge in [-0.1, -0.05) is 72.3 Å². The molecule has 0 aliphatic rings. The minimum atomic E-state index is -0.836. The van der Waals surface area contributed by atoms with Crippen LogP contribution in [0, 0.1) is 32.8 Å². The molecule has 0 saturated carbocycles. The molecule has 0 bridgehead atoms. The molecular formula is C23H14ClN3O2. The molecule has 1 unspecified atom stereocenters. The van der Waals surface area contributed by atoms with Crippen LogP contribution in [0.3, 0.4) is 0 Å². The number of benzene rings is 3. The van der Waals surface area contributed by atoms with E-state index >= 15 is 0 Å². The molecule has 0 N–H and O–H groups in total. The molecule has 0 aliphatic carbocycles. The summed E-state index contributed by atoms with van der Waals surface area (Å²) < 4.78 is 0. The molecule has 0 radical (unpaired) electrons. The second kappa shape index (κ2) is 8.84. The summed E-state index contributed by atoms with van der Waals surface area (Å²) >= 11 is 6.40. The number of nitro benzene ring substituents is 1. The molecule has 140 valence electrons. The number of allylic oxidation sites excluding steroid dienone is 1. The first-order valence-electron chi connectivity index (χ1n) is 8.64. The largest absolute Gasteiger partial charge is 0.274 e. The minimum absolute atomic E-state index is 0.212. The van der Waals surface area contributed by atoms with Crippen LogP contribution in [0.4, 0.5) is 5.69 Å². The van der Waals surface area contributed by atoms with Gasteiger partial charge in [-0.2, -0.15) is 10.5 Å². The first-order valence-corrected chi connectivity index (χ1v) is 9.02. The van der Waals surface area contributed by atoms with E-state index in [-0.39, 0.29) is 16.3 Å². The fourth-order valence-electron chi connectivity index (χ4n) is 3.02. The summed E-state index contributed by atoms with van der Waals surface area (Å²) in [7, 11) is 0. The van der Waals surface area contributed by atoms with Gasteiger partial charge in [0.1, 0.15) is 5.92 Å². The van der Waals surface area contributed by atoms with E-state index in [4.69, 9.17) is 11.6 Å². The second-order valence-corrected chi connectivity index (χ2v) is 6.61. The van der Waals surface area contributed by atoms with Gasteiger partial charge in [-0.25, -0.2) is 0 Å². The number of nitriles is 2. The maximum Gasteiger partial charge on any atom is 0.274 e. The smallest absolute Gasteiger partial charge is 0.258 e. The summed E-state index contributed by atoms with van der Waals surface area (Å²) in [6.45, 7) is 0. The Labute approximate surface area is 172 Å². The number of hydrogen-bond donors (Lipinski definition) is 0. The van der Waals surface area contributed by atoms with Crippen LogP contribution in [0.25, 0.3) is 11.6 Å². The number of nitro groups is 1. The molecule has 0 spiro atoms. The van der Waals surface area contributed by atoms with Gasteiger partial charge >= 0.3 is 0 Å². The molecule has 0 amide bonds. The summed E-state index contributed by atoms with van der Waals surface area (Å²) in [5.74, 6) is -0.836. The van der Waals surface area contributed by atoms with Crippen molar-refractivity contribution in [2.24, 2.45) is 0 Å². The zero-order chi connectivity index (χ0) is 20.8. The SMILES string of the molecule is N#C/C(=C/c1cc([N+](=O)[O-])c(C(C#N)c2ccccc2)cc1Cl)c1ccccc1. The molecule has 29 heavy (non-hydrogen) atoms. The van der Waals surface area contributed by atoms with Crippen LogP contribution in [-0.4, -0.2) is 4.92 Å². The van der Waals surface area contributed by atoms with Crippen molar-refractivity contribution in [1.82, 2.24) is 0 Å². The predicted octanol–water partition coefficient (Wildman–Crippen LogP) is 5.97. The highest BCUT2D eigenvalue weighted by atomic mass is 35.5. The molecule has 0 aliphatic heterocycles. The first-order chi connectivity index (χ1) is 14.0. The second-order valence-electron chi connectivity index (χ2n) is 6.20. The van der Waals surface area contributed by atoms with E-state index in [2.05, 4.69) is 12.1 Å².